The Balaban J connectivity index is 1.10. The van der Waals surface area contributed by atoms with Crippen molar-refractivity contribution in [2.24, 2.45) is 5.92 Å². The maximum absolute atomic E-state index is 11.8. The predicted octanol–water partition coefficient (Wildman–Crippen LogP) is 5.32. The number of aromatic amines is 1. The summed E-state index contributed by atoms with van der Waals surface area (Å²) in [6.07, 6.45) is 14.6. The second-order valence-corrected chi connectivity index (χ2v) is 11.6. The largest absolute Gasteiger partial charge is 0.494 e. The highest BCUT2D eigenvalue weighted by Gasteiger charge is 2.25. The van der Waals surface area contributed by atoms with Crippen LogP contribution >= 0.6 is 0 Å². The van der Waals surface area contributed by atoms with Crippen molar-refractivity contribution in [3.8, 4) is 5.75 Å². The third-order valence-electron chi connectivity index (χ3n) is 7.94. The lowest BCUT2D eigenvalue weighted by atomic mass is 9.92. The number of ether oxygens (including phenoxy) is 3. The lowest BCUT2D eigenvalue weighted by Crippen LogP contribution is -2.32. The number of allylic oxidation sites excluding steroid dienone is 1. The predicted molar refractivity (Wildman–Crippen MR) is 175 cm³/mol. The van der Waals surface area contributed by atoms with Crippen LogP contribution < -0.4 is 15.4 Å². The Morgan fingerprint density at radius 2 is 1.91 bits per heavy atom. The van der Waals surface area contributed by atoms with Gasteiger partial charge >= 0.3 is 0 Å². The third-order valence-corrected chi connectivity index (χ3v) is 7.94. The van der Waals surface area contributed by atoms with Gasteiger partial charge in [0.05, 0.1) is 32.1 Å². The van der Waals surface area contributed by atoms with Gasteiger partial charge in [0.15, 0.2) is 0 Å². The third kappa shape index (κ3) is 9.31. The zero-order valence-electron chi connectivity index (χ0n) is 26.3. The molecular weight excluding hydrogens is 568 g/mol. The van der Waals surface area contributed by atoms with Gasteiger partial charge in [-0.25, -0.2) is 4.98 Å². The number of carbonyl (C=O) groups excluding carboxylic acids is 2. The van der Waals surface area contributed by atoms with Crippen LogP contribution in [0.4, 0.5) is 0 Å². The van der Waals surface area contributed by atoms with E-state index in [4.69, 9.17) is 14.2 Å². The first-order chi connectivity index (χ1) is 22.0. The number of carbonyl (C=O) groups is 2. The van der Waals surface area contributed by atoms with Crippen molar-refractivity contribution in [2.45, 2.75) is 58.5 Å². The number of nitrogens with one attached hydrogen (secondary N) is 3. The molecule has 0 fully saturated rings. The molecule has 2 atom stereocenters. The summed E-state index contributed by atoms with van der Waals surface area (Å²) in [5.74, 6) is 1.71. The highest BCUT2D eigenvalue weighted by atomic mass is 16.5. The Hall–Kier alpha value is -4.37. The minimum absolute atomic E-state index is 0.00662. The second-order valence-electron chi connectivity index (χ2n) is 11.6. The molecule has 1 aliphatic carbocycles. The summed E-state index contributed by atoms with van der Waals surface area (Å²) in [7, 11) is 0. The summed E-state index contributed by atoms with van der Waals surface area (Å²) in [6.45, 7) is 6.30. The lowest BCUT2D eigenvalue weighted by Gasteiger charge is -2.29. The van der Waals surface area contributed by atoms with E-state index in [1.165, 1.54) is 12.5 Å². The number of amides is 2. The van der Waals surface area contributed by atoms with E-state index >= 15 is 0 Å². The highest BCUT2D eigenvalue weighted by Crippen LogP contribution is 2.28. The Bertz CT molecular complexity index is 1540. The molecule has 2 unspecified atom stereocenters. The first-order valence-corrected chi connectivity index (χ1v) is 16.0. The summed E-state index contributed by atoms with van der Waals surface area (Å²) in [5.41, 5.74) is 5.37. The Kier molecular flexibility index (Phi) is 11.5. The van der Waals surface area contributed by atoms with Gasteiger partial charge in [-0.15, -0.1) is 0 Å². The topological polar surface area (TPSA) is 115 Å². The molecule has 0 saturated heterocycles. The Morgan fingerprint density at radius 3 is 2.71 bits per heavy atom. The van der Waals surface area contributed by atoms with E-state index < -0.39 is 0 Å². The highest BCUT2D eigenvalue weighted by molar-refractivity contribution is 5.83. The zero-order valence-corrected chi connectivity index (χ0v) is 26.3. The summed E-state index contributed by atoms with van der Waals surface area (Å²) in [5, 5.41) is 6.90. The first kappa shape index (κ1) is 32.0. The quantitative estimate of drug-likeness (QED) is 0.149. The molecule has 0 bridgehead atoms. The average Bonchev–Trinajstić information content (AvgIpc) is 3.37. The van der Waals surface area contributed by atoms with Gasteiger partial charge in [-0.1, -0.05) is 49.4 Å². The molecular formula is C36H44N4O5. The molecule has 2 aliphatic rings. The van der Waals surface area contributed by atoms with Crippen molar-refractivity contribution in [2.75, 3.05) is 32.9 Å². The van der Waals surface area contributed by atoms with E-state index in [0.717, 1.165) is 65.1 Å². The fourth-order valence-corrected chi connectivity index (χ4v) is 5.64. The number of H-pyrrole nitrogens is 1. The summed E-state index contributed by atoms with van der Waals surface area (Å²) in [4.78, 5) is 31.5. The summed E-state index contributed by atoms with van der Waals surface area (Å²) >= 11 is 0. The second kappa shape index (κ2) is 16.1. The molecule has 238 valence electrons. The number of fused-ring (bicyclic) bond motifs is 2. The monoisotopic (exact) mass is 612 g/mol. The van der Waals surface area contributed by atoms with Crippen LogP contribution in [-0.2, 0) is 31.9 Å². The number of nitrogens with zero attached hydrogens (tertiary/aromatic N) is 1. The normalized spacial score (nSPS) is 17.3. The van der Waals surface area contributed by atoms with Crippen molar-refractivity contribution in [3.05, 3.63) is 95.1 Å². The summed E-state index contributed by atoms with van der Waals surface area (Å²) < 4.78 is 18.1. The van der Waals surface area contributed by atoms with Crippen molar-refractivity contribution in [1.82, 2.24) is 20.6 Å². The van der Waals surface area contributed by atoms with E-state index in [-0.39, 0.29) is 23.8 Å². The zero-order chi connectivity index (χ0) is 31.4. The molecule has 45 heavy (non-hydrogen) atoms. The van der Waals surface area contributed by atoms with Gasteiger partial charge in [-0.05, 0) is 60.6 Å². The number of hydrogen-bond donors (Lipinski definition) is 3. The van der Waals surface area contributed by atoms with E-state index in [2.05, 4.69) is 44.9 Å². The molecule has 3 heterocycles. The maximum Gasteiger partial charge on any atom is 0.220 e. The molecule has 9 heteroatoms. The van der Waals surface area contributed by atoms with Crippen molar-refractivity contribution >= 4 is 22.8 Å². The van der Waals surface area contributed by atoms with E-state index in [1.54, 1.807) is 6.20 Å². The van der Waals surface area contributed by atoms with Crippen molar-refractivity contribution in [1.29, 1.82) is 0 Å². The molecule has 2 amide bonds. The van der Waals surface area contributed by atoms with Crippen LogP contribution in [0.3, 0.4) is 0 Å². The van der Waals surface area contributed by atoms with E-state index in [0.29, 0.717) is 45.8 Å². The average molecular weight is 613 g/mol. The first-order valence-electron chi connectivity index (χ1n) is 16.0. The van der Waals surface area contributed by atoms with Crippen LogP contribution in [0, 0.1) is 5.92 Å². The van der Waals surface area contributed by atoms with Gasteiger partial charge in [0.25, 0.3) is 0 Å². The smallest absolute Gasteiger partial charge is 0.220 e. The molecule has 1 aliphatic heterocycles. The van der Waals surface area contributed by atoms with Crippen LogP contribution in [0.1, 0.15) is 56.4 Å². The molecule has 1 aromatic carbocycles. The molecule has 0 radical (unpaired) electrons. The minimum atomic E-state index is -0.0380. The molecule has 0 saturated carbocycles. The number of hydrogen-bond acceptors (Lipinski definition) is 6. The van der Waals surface area contributed by atoms with Gasteiger partial charge in [-0.2, -0.15) is 0 Å². The molecule has 3 N–H and O–H groups in total. The van der Waals surface area contributed by atoms with Gasteiger partial charge < -0.3 is 29.8 Å². The van der Waals surface area contributed by atoms with Crippen LogP contribution in [0.15, 0.2) is 78.2 Å². The van der Waals surface area contributed by atoms with E-state index in [1.807, 2.05) is 43.3 Å². The van der Waals surface area contributed by atoms with Crippen LogP contribution in [-0.4, -0.2) is 60.8 Å². The number of benzene rings is 1. The molecule has 5 rings (SSSR count). The van der Waals surface area contributed by atoms with Gasteiger partial charge in [0.2, 0.25) is 11.8 Å². The fraction of sp³-hybridized carbons (Fsp3) is 0.417. The number of rotatable bonds is 16. The maximum atomic E-state index is 11.8. The molecule has 0 spiro atoms. The standard InChI is InChI=1S/C36H44N4O5/c1-3-9-35(42)38-22-27-18-28-20-29(12-13-34(28)45-24-27)43-16-7-8-17-44-30-21-32-31(14-15-37-25(2)41)33(40-36(32)39-23-30)19-26-10-5-4-6-11-26/h4-6,10-13,18,20-21,23,28,34H,3,7-9,14-17,19,22,24H2,1-2H3,(H,37,41)(H,38,42)(H,39,40). The lowest BCUT2D eigenvalue weighted by molar-refractivity contribution is -0.121. The van der Waals surface area contributed by atoms with Crippen molar-refractivity contribution < 1.29 is 23.8 Å². The van der Waals surface area contributed by atoms with Gasteiger partial charge in [0.1, 0.15) is 17.2 Å². The van der Waals surface area contributed by atoms with E-state index in [9.17, 15) is 9.59 Å². The van der Waals surface area contributed by atoms with Gasteiger partial charge in [0, 0.05) is 49.9 Å². The SMILES string of the molecule is CCCC(=O)NCC1=CC2C=C(OCCCCOc3cnc4[nH]c(Cc5ccccc5)c(CCNC(C)=O)c4c3)C=CC2OC1. The molecule has 3 aromatic rings. The van der Waals surface area contributed by atoms with Crippen LogP contribution in [0.25, 0.3) is 11.0 Å². The van der Waals surface area contributed by atoms with Crippen molar-refractivity contribution in [3.63, 3.8) is 0 Å². The molecule has 9 nitrogen and oxygen atoms in total. The molecule has 2 aromatic heterocycles. The van der Waals surface area contributed by atoms with Gasteiger partial charge in [-0.3, -0.25) is 9.59 Å². The summed E-state index contributed by atoms with van der Waals surface area (Å²) in [6, 6.07) is 12.4. The van der Waals surface area contributed by atoms with Crippen LogP contribution in [0.2, 0.25) is 0 Å². The fourth-order valence-electron chi connectivity index (χ4n) is 5.64. The minimum Gasteiger partial charge on any atom is -0.494 e. The Morgan fingerprint density at radius 1 is 1.09 bits per heavy atom. The number of pyridine rings is 1. The number of aromatic nitrogens is 2. The van der Waals surface area contributed by atoms with Crippen LogP contribution in [0.5, 0.6) is 5.75 Å². The number of unbranched alkanes of at least 4 members (excludes halogenated alkanes) is 1. The Labute approximate surface area is 265 Å².